The van der Waals surface area contributed by atoms with E-state index in [2.05, 4.69) is 72.5 Å². The lowest BCUT2D eigenvalue weighted by atomic mass is 9.87. The van der Waals surface area contributed by atoms with Gasteiger partial charge in [0.15, 0.2) is 0 Å². The molecule has 1 N–H and O–H groups in total. The van der Waals surface area contributed by atoms with Gasteiger partial charge in [-0.2, -0.15) is 21.6 Å². The quantitative estimate of drug-likeness (QED) is 0.196. The Morgan fingerprint density at radius 2 is 1.78 bits per heavy atom. The summed E-state index contributed by atoms with van der Waals surface area (Å²) in [6.07, 6.45) is -7.56. The molecular formula is C18H16F3I3O7S. The topological polar surface area (TPSA) is 107 Å². The van der Waals surface area contributed by atoms with Gasteiger partial charge >= 0.3 is 18.1 Å². The summed E-state index contributed by atoms with van der Waals surface area (Å²) >= 11 is 6.28. The highest BCUT2D eigenvalue weighted by molar-refractivity contribution is 14.1. The molecule has 0 heterocycles. The van der Waals surface area contributed by atoms with Crippen LogP contribution in [-0.4, -0.2) is 49.0 Å². The standard InChI is InChI=1S/C18H16F3I3O7S/c19-18(20,21)14(6-32(27,28)29)31-16(25)10-2-8-1-7(10)3-13(8)30-17(26)11-4-9(22)5-12(23)15(11)24/h4-5,7-8,10,13-14H,1-3,6H2,(H,27,28,29). The SMILES string of the molecule is O=C(OC1CC2CC1CC2C(=O)OC(CS(=O)(=O)O)C(F)(F)F)c1cc(I)cc(I)c1I. The first-order valence-electron chi connectivity index (χ1n) is 9.23. The van der Waals surface area contributed by atoms with Crippen LogP contribution in [0.1, 0.15) is 29.6 Å². The van der Waals surface area contributed by atoms with Crippen molar-refractivity contribution in [3.8, 4) is 0 Å². The van der Waals surface area contributed by atoms with Crippen LogP contribution in [0, 0.1) is 28.5 Å². The van der Waals surface area contributed by atoms with Crippen LogP contribution in [0.5, 0.6) is 0 Å². The first kappa shape index (κ1) is 26.7. The van der Waals surface area contributed by atoms with E-state index in [1.165, 1.54) is 0 Å². The predicted molar refractivity (Wildman–Crippen MR) is 130 cm³/mol. The second-order valence-electron chi connectivity index (χ2n) is 7.74. The number of benzene rings is 1. The second-order valence-corrected chi connectivity index (χ2v) is 12.7. The smallest absolute Gasteiger partial charge is 0.426 e. The number of halogens is 6. The van der Waals surface area contributed by atoms with Crippen molar-refractivity contribution in [1.82, 2.24) is 0 Å². The van der Waals surface area contributed by atoms with Crippen LogP contribution in [-0.2, 0) is 24.4 Å². The van der Waals surface area contributed by atoms with Crippen molar-refractivity contribution in [1.29, 1.82) is 0 Å². The molecule has 0 amide bonds. The zero-order chi connectivity index (χ0) is 24.0. The Labute approximate surface area is 222 Å². The fourth-order valence-corrected chi connectivity index (χ4v) is 7.19. The van der Waals surface area contributed by atoms with Crippen LogP contribution >= 0.6 is 67.8 Å². The molecule has 0 aromatic heterocycles. The first-order valence-corrected chi connectivity index (χ1v) is 14.1. The van der Waals surface area contributed by atoms with Crippen LogP contribution in [0.25, 0.3) is 0 Å². The molecule has 0 aliphatic heterocycles. The van der Waals surface area contributed by atoms with Crippen LogP contribution in [0.15, 0.2) is 12.1 Å². The highest BCUT2D eigenvalue weighted by Crippen LogP contribution is 2.50. The summed E-state index contributed by atoms with van der Waals surface area (Å²) in [4.78, 5) is 25.0. The van der Waals surface area contributed by atoms with Crippen LogP contribution in [0.4, 0.5) is 13.2 Å². The van der Waals surface area contributed by atoms with Gasteiger partial charge in [0.1, 0.15) is 11.9 Å². The molecular weight excluding hydrogens is 798 g/mol. The Balaban J connectivity index is 1.63. The molecule has 5 atom stereocenters. The summed E-state index contributed by atoms with van der Waals surface area (Å²) in [5, 5.41) is 0. The van der Waals surface area contributed by atoms with Gasteiger partial charge in [-0.1, -0.05) is 0 Å². The second kappa shape index (κ2) is 9.96. The molecule has 0 radical (unpaired) electrons. The predicted octanol–water partition coefficient (Wildman–Crippen LogP) is 4.43. The van der Waals surface area contributed by atoms with Gasteiger partial charge in [-0.25, -0.2) is 4.79 Å². The van der Waals surface area contributed by atoms with E-state index in [0.29, 0.717) is 18.4 Å². The van der Waals surface area contributed by atoms with Crippen LogP contribution in [0.2, 0.25) is 0 Å². The Bertz CT molecular complexity index is 1030. The number of fused-ring (bicyclic) bond motifs is 2. The van der Waals surface area contributed by atoms with E-state index >= 15 is 0 Å². The zero-order valence-corrected chi connectivity index (χ0v) is 23.2. The van der Waals surface area contributed by atoms with Gasteiger partial charge in [0.2, 0.25) is 6.10 Å². The number of hydrogen-bond donors (Lipinski definition) is 1. The van der Waals surface area contributed by atoms with Gasteiger partial charge in [-0.3, -0.25) is 9.35 Å². The number of esters is 2. The normalized spacial score (nSPS) is 26.1. The van der Waals surface area contributed by atoms with Crippen molar-refractivity contribution in [3.05, 3.63) is 28.4 Å². The van der Waals surface area contributed by atoms with Crippen molar-refractivity contribution in [3.63, 3.8) is 0 Å². The number of alkyl halides is 3. The summed E-state index contributed by atoms with van der Waals surface area (Å²) in [6.45, 7) is 0. The molecule has 1 aromatic rings. The maximum atomic E-state index is 13.0. The van der Waals surface area contributed by atoms with Crippen molar-refractivity contribution in [2.45, 2.75) is 37.6 Å². The average Bonchev–Trinajstić information content (AvgIpc) is 3.22. The van der Waals surface area contributed by atoms with E-state index < -0.39 is 52.1 Å². The maximum Gasteiger partial charge on any atom is 0.426 e. The summed E-state index contributed by atoms with van der Waals surface area (Å²) in [7, 11) is -5.00. The van der Waals surface area contributed by atoms with Crippen LogP contribution in [0.3, 0.4) is 0 Å². The largest absolute Gasteiger partial charge is 0.458 e. The minimum Gasteiger partial charge on any atom is -0.458 e. The molecule has 1 aromatic carbocycles. The van der Waals surface area contributed by atoms with Gasteiger partial charge in [0.05, 0.1) is 11.5 Å². The number of rotatable bonds is 6. The van der Waals surface area contributed by atoms with Gasteiger partial charge in [-0.15, -0.1) is 0 Å². The van der Waals surface area contributed by atoms with Crippen LogP contribution < -0.4 is 0 Å². The van der Waals surface area contributed by atoms with Crippen molar-refractivity contribution in [2.24, 2.45) is 17.8 Å². The number of carbonyl (C=O) groups is 2. The summed E-state index contributed by atoms with van der Waals surface area (Å²) in [5.41, 5.74) is 0.430. The maximum absolute atomic E-state index is 13.0. The molecule has 32 heavy (non-hydrogen) atoms. The van der Waals surface area contributed by atoms with Crippen molar-refractivity contribution in [2.75, 3.05) is 5.75 Å². The molecule has 3 rings (SSSR count). The first-order chi connectivity index (χ1) is 14.7. The van der Waals surface area contributed by atoms with Gasteiger partial charge in [0.25, 0.3) is 10.1 Å². The third-order valence-corrected chi connectivity index (χ3v) is 9.94. The minimum atomic E-state index is -5.14. The lowest BCUT2D eigenvalue weighted by Gasteiger charge is -2.28. The molecule has 0 spiro atoms. The molecule has 5 unspecified atom stereocenters. The van der Waals surface area contributed by atoms with Gasteiger partial charge < -0.3 is 9.47 Å². The Morgan fingerprint density at radius 3 is 2.31 bits per heavy atom. The lowest BCUT2D eigenvalue weighted by molar-refractivity contribution is -0.218. The molecule has 2 aliphatic carbocycles. The highest BCUT2D eigenvalue weighted by atomic mass is 127. The zero-order valence-electron chi connectivity index (χ0n) is 15.9. The molecule has 2 fully saturated rings. The molecule has 2 aliphatic rings. The summed E-state index contributed by atoms with van der Waals surface area (Å²) in [5.74, 6) is -4.79. The van der Waals surface area contributed by atoms with E-state index in [4.69, 9.17) is 9.29 Å². The monoisotopic (exact) mass is 814 g/mol. The third kappa shape index (κ3) is 6.38. The molecule has 2 saturated carbocycles. The summed E-state index contributed by atoms with van der Waals surface area (Å²) in [6, 6.07) is 3.64. The van der Waals surface area contributed by atoms with E-state index in [9.17, 15) is 31.2 Å². The number of ether oxygens (including phenoxy) is 2. The average molecular weight is 814 g/mol. The lowest BCUT2D eigenvalue weighted by Crippen LogP contribution is -2.42. The van der Waals surface area contributed by atoms with Crippen molar-refractivity contribution >= 4 is 89.8 Å². The molecule has 14 heteroatoms. The number of carbonyl (C=O) groups excluding carboxylic acids is 2. The van der Waals surface area contributed by atoms with E-state index in [-0.39, 0.29) is 18.3 Å². The minimum absolute atomic E-state index is 0.179. The van der Waals surface area contributed by atoms with Gasteiger partial charge in [0, 0.05) is 10.7 Å². The highest BCUT2D eigenvalue weighted by Gasteiger charge is 2.53. The molecule has 0 saturated heterocycles. The van der Waals surface area contributed by atoms with E-state index in [1.807, 2.05) is 6.07 Å². The Morgan fingerprint density at radius 1 is 1.12 bits per heavy atom. The fraction of sp³-hybridized carbons (Fsp3) is 0.556. The summed E-state index contributed by atoms with van der Waals surface area (Å²) < 4.78 is 82.2. The van der Waals surface area contributed by atoms with Crippen molar-refractivity contribution < 1.29 is 45.2 Å². The van der Waals surface area contributed by atoms with Gasteiger partial charge in [-0.05, 0) is 111 Å². The number of hydrogen-bond acceptors (Lipinski definition) is 6. The Hall–Kier alpha value is 0.0500. The van der Waals surface area contributed by atoms with E-state index in [1.54, 1.807) is 6.07 Å². The Kier molecular flexibility index (Phi) is 8.30. The molecule has 7 nitrogen and oxygen atoms in total. The molecule has 2 bridgehead atoms. The molecule has 178 valence electrons. The third-order valence-electron chi connectivity index (χ3n) is 5.55. The fourth-order valence-electron chi connectivity index (χ4n) is 4.18. The van der Waals surface area contributed by atoms with E-state index in [0.717, 1.165) is 10.7 Å².